The summed E-state index contributed by atoms with van der Waals surface area (Å²) in [6.45, 7) is -0.629. The summed E-state index contributed by atoms with van der Waals surface area (Å²) in [6.07, 6.45) is 0.180. The number of nitriles is 1. The molecule has 8 nitrogen and oxygen atoms in total. The molecular weight excluding hydrogens is 468 g/mol. The number of carbonyl (C=O) groups excluding carboxylic acids is 3. The van der Waals surface area contributed by atoms with Crippen LogP contribution in [0.2, 0.25) is 0 Å². The average molecular weight is 495 g/mol. The Kier molecular flexibility index (Phi) is 7.65. The minimum atomic E-state index is -1.03. The molecule has 0 aromatic heterocycles. The van der Waals surface area contributed by atoms with E-state index in [2.05, 4.69) is 5.32 Å². The number of carbonyl (C=O) groups is 3. The first-order valence-electron chi connectivity index (χ1n) is 11.7. The number of Topliss-reactive ketones (excluding diaryl/α,β-unsaturated/α-hetero) is 1. The molecule has 3 aromatic carbocycles. The fourth-order valence-electron chi connectivity index (χ4n) is 4.24. The first-order chi connectivity index (χ1) is 17.9. The molecule has 186 valence electrons. The van der Waals surface area contributed by atoms with Gasteiger partial charge in [-0.3, -0.25) is 9.59 Å². The van der Waals surface area contributed by atoms with Gasteiger partial charge in [-0.25, -0.2) is 4.79 Å². The van der Waals surface area contributed by atoms with E-state index in [0.717, 1.165) is 16.9 Å². The standard InChI is InChI=1S/C29H26N4O4/c1-32-24-15-9-10-16-25(24)33(2)28(32)22(18-30)26(34)19-37-29(36)23(17-20-11-5-3-6-12-20)31-27(35)21-13-7-4-8-14-21/h3-16,23H,17,19H2,1-2H3,(H,31,35). The molecule has 0 aliphatic carbocycles. The van der Waals surface area contributed by atoms with Crippen molar-refractivity contribution < 1.29 is 19.1 Å². The maximum Gasteiger partial charge on any atom is 0.329 e. The molecule has 1 heterocycles. The lowest BCUT2D eigenvalue weighted by atomic mass is 10.1. The number of benzene rings is 3. The van der Waals surface area contributed by atoms with Gasteiger partial charge in [-0.05, 0) is 29.8 Å². The molecule has 1 N–H and O–H groups in total. The van der Waals surface area contributed by atoms with Crippen molar-refractivity contribution in [3.8, 4) is 6.07 Å². The number of ether oxygens (including phenoxy) is 1. The Bertz CT molecular complexity index is 1350. The predicted octanol–water partition coefficient (Wildman–Crippen LogP) is 3.46. The fraction of sp³-hybridized carbons (Fsp3) is 0.172. The Labute approximate surface area is 215 Å². The lowest BCUT2D eigenvalue weighted by Gasteiger charge is -2.20. The van der Waals surface area contributed by atoms with Crippen molar-refractivity contribution in [1.29, 1.82) is 5.26 Å². The zero-order valence-corrected chi connectivity index (χ0v) is 20.5. The summed E-state index contributed by atoms with van der Waals surface area (Å²) in [5.74, 6) is -1.43. The first-order valence-corrected chi connectivity index (χ1v) is 11.7. The van der Waals surface area contributed by atoms with Gasteiger partial charge in [-0.15, -0.1) is 0 Å². The van der Waals surface area contributed by atoms with Crippen LogP contribution in [-0.4, -0.2) is 44.4 Å². The normalized spacial score (nSPS) is 12.8. The van der Waals surface area contributed by atoms with Gasteiger partial charge in [0.25, 0.3) is 5.91 Å². The van der Waals surface area contributed by atoms with Crippen molar-refractivity contribution in [2.24, 2.45) is 0 Å². The molecule has 0 fully saturated rings. The molecule has 0 saturated heterocycles. The maximum absolute atomic E-state index is 13.0. The molecule has 1 unspecified atom stereocenters. The van der Waals surface area contributed by atoms with Gasteiger partial charge in [-0.1, -0.05) is 60.7 Å². The molecule has 1 aliphatic rings. The number of ketones is 1. The van der Waals surface area contributed by atoms with Gasteiger partial charge in [-0.2, -0.15) is 5.26 Å². The summed E-state index contributed by atoms with van der Waals surface area (Å²) >= 11 is 0. The van der Waals surface area contributed by atoms with E-state index in [-0.39, 0.29) is 12.0 Å². The number of nitrogens with one attached hydrogen (secondary N) is 1. The summed E-state index contributed by atoms with van der Waals surface area (Å²) in [4.78, 5) is 42.3. The molecular formula is C29H26N4O4. The van der Waals surface area contributed by atoms with Crippen molar-refractivity contribution in [2.75, 3.05) is 30.5 Å². The van der Waals surface area contributed by atoms with E-state index in [1.807, 2.05) is 60.7 Å². The van der Waals surface area contributed by atoms with Crippen molar-refractivity contribution in [3.63, 3.8) is 0 Å². The van der Waals surface area contributed by atoms with Gasteiger partial charge in [0.05, 0.1) is 11.4 Å². The predicted molar refractivity (Wildman–Crippen MR) is 140 cm³/mol. The minimum absolute atomic E-state index is 0.123. The van der Waals surface area contributed by atoms with Crippen LogP contribution in [0, 0.1) is 11.3 Å². The number of hydrogen-bond donors (Lipinski definition) is 1. The van der Waals surface area contributed by atoms with Crippen molar-refractivity contribution in [3.05, 3.63) is 107 Å². The second kappa shape index (κ2) is 11.2. The van der Waals surface area contributed by atoms with Crippen LogP contribution in [0.3, 0.4) is 0 Å². The monoisotopic (exact) mass is 494 g/mol. The largest absolute Gasteiger partial charge is 0.456 e. The molecule has 1 atom stereocenters. The summed E-state index contributed by atoms with van der Waals surface area (Å²) in [5, 5.41) is 12.5. The molecule has 0 bridgehead atoms. The van der Waals surface area contributed by atoms with Gasteiger partial charge in [0, 0.05) is 26.1 Å². The third-order valence-corrected chi connectivity index (χ3v) is 6.11. The highest BCUT2D eigenvalue weighted by Gasteiger charge is 2.32. The number of para-hydroxylation sites is 2. The van der Waals surface area contributed by atoms with E-state index in [1.165, 1.54) is 0 Å². The van der Waals surface area contributed by atoms with Crippen LogP contribution >= 0.6 is 0 Å². The second-order valence-electron chi connectivity index (χ2n) is 8.53. The molecule has 37 heavy (non-hydrogen) atoms. The van der Waals surface area contributed by atoms with Gasteiger partial charge in [0.1, 0.15) is 23.5 Å². The smallest absolute Gasteiger partial charge is 0.329 e. The Balaban J connectivity index is 1.50. The van der Waals surface area contributed by atoms with Crippen LogP contribution < -0.4 is 15.1 Å². The van der Waals surface area contributed by atoms with Crippen LogP contribution in [0.15, 0.2) is 96.3 Å². The highest BCUT2D eigenvalue weighted by Crippen LogP contribution is 2.40. The van der Waals surface area contributed by atoms with Crippen LogP contribution in [0.5, 0.6) is 0 Å². The summed E-state index contributed by atoms with van der Waals surface area (Å²) in [6, 6.07) is 26.2. The topological polar surface area (TPSA) is 103 Å². The minimum Gasteiger partial charge on any atom is -0.456 e. The molecule has 8 heteroatoms. The molecule has 0 spiro atoms. The van der Waals surface area contributed by atoms with E-state index in [4.69, 9.17) is 4.74 Å². The molecule has 3 aromatic rings. The molecule has 0 radical (unpaired) electrons. The van der Waals surface area contributed by atoms with Crippen LogP contribution in [0.1, 0.15) is 15.9 Å². The van der Waals surface area contributed by atoms with Crippen LogP contribution in [0.4, 0.5) is 11.4 Å². The highest BCUT2D eigenvalue weighted by molar-refractivity contribution is 6.04. The number of rotatable bonds is 8. The van der Waals surface area contributed by atoms with Crippen molar-refractivity contribution in [1.82, 2.24) is 5.32 Å². The number of fused-ring (bicyclic) bond motifs is 1. The number of nitrogens with zero attached hydrogens (tertiary/aromatic N) is 3. The number of esters is 1. The van der Waals surface area contributed by atoms with Gasteiger partial charge in [0.15, 0.2) is 6.61 Å². The van der Waals surface area contributed by atoms with E-state index in [9.17, 15) is 19.6 Å². The SMILES string of the molecule is CN1C(=C(C#N)C(=O)COC(=O)C(Cc2ccccc2)NC(=O)c2ccccc2)N(C)c2ccccc21. The Hall–Kier alpha value is -4.90. The van der Waals surface area contributed by atoms with Crippen molar-refractivity contribution in [2.45, 2.75) is 12.5 Å². The highest BCUT2D eigenvalue weighted by atomic mass is 16.5. The Morgan fingerprint density at radius 3 is 1.97 bits per heavy atom. The third kappa shape index (κ3) is 5.52. The first kappa shape index (κ1) is 25.2. The molecule has 4 rings (SSSR count). The average Bonchev–Trinajstić information content (AvgIpc) is 3.18. The molecule has 0 saturated carbocycles. The van der Waals surface area contributed by atoms with E-state index in [0.29, 0.717) is 11.4 Å². The van der Waals surface area contributed by atoms with Gasteiger partial charge >= 0.3 is 5.97 Å². The summed E-state index contributed by atoms with van der Waals surface area (Å²) in [7, 11) is 3.53. The van der Waals surface area contributed by atoms with Crippen LogP contribution in [0.25, 0.3) is 0 Å². The van der Waals surface area contributed by atoms with E-state index < -0.39 is 30.3 Å². The van der Waals surface area contributed by atoms with E-state index in [1.54, 1.807) is 54.2 Å². The van der Waals surface area contributed by atoms with Gasteiger partial charge in [0.2, 0.25) is 5.78 Å². The third-order valence-electron chi connectivity index (χ3n) is 6.11. The quantitative estimate of drug-likeness (QED) is 0.291. The number of amides is 1. The van der Waals surface area contributed by atoms with Crippen molar-refractivity contribution >= 4 is 29.0 Å². The summed E-state index contributed by atoms with van der Waals surface area (Å²) < 4.78 is 5.34. The zero-order chi connectivity index (χ0) is 26.4. The maximum atomic E-state index is 13.0. The lowest BCUT2D eigenvalue weighted by Crippen LogP contribution is -2.44. The molecule has 1 aliphatic heterocycles. The fourth-order valence-corrected chi connectivity index (χ4v) is 4.24. The Morgan fingerprint density at radius 2 is 1.41 bits per heavy atom. The van der Waals surface area contributed by atoms with E-state index >= 15 is 0 Å². The number of anilines is 2. The molecule has 1 amide bonds. The Morgan fingerprint density at radius 1 is 0.865 bits per heavy atom. The van der Waals surface area contributed by atoms with Crippen LogP contribution in [-0.2, 0) is 20.7 Å². The summed E-state index contributed by atoms with van der Waals surface area (Å²) in [5.41, 5.74) is 2.79. The van der Waals surface area contributed by atoms with Gasteiger partial charge < -0.3 is 19.9 Å². The number of hydrogen-bond acceptors (Lipinski definition) is 7. The second-order valence-corrected chi connectivity index (χ2v) is 8.53. The lowest BCUT2D eigenvalue weighted by molar-refractivity contribution is -0.149. The zero-order valence-electron chi connectivity index (χ0n) is 20.5.